The number of ether oxygens (including phenoxy) is 4. The highest BCUT2D eigenvalue weighted by Gasteiger charge is 2.13. The number of amides is 1. The van der Waals surface area contributed by atoms with Gasteiger partial charge >= 0.3 is 0 Å². The second kappa shape index (κ2) is 10.1. The molecular weight excluding hydrogens is 346 g/mol. The number of nitrogens with one attached hydrogen (secondary N) is 1. The first kappa shape index (κ1) is 20.2. The number of hydrogen-bond donors (Lipinski definition) is 1. The Morgan fingerprint density at radius 2 is 1.63 bits per heavy atom. The van der Waals surface area contributed by atoms with E-state index >= 15 is 0 Å². The summed E-state index contributed by atoms with van der Waals surface area (Å²) in [5.41, 5.74) is 1.06. The Hall–Kier alpha value is -3.15. The van der Waals surface area contributed by atoms with E-state index in [-0.39, 0.29) is 5.91 Å². The molecule has 6 nitrogen and oxygen atoms in total. The van der Waals surface area contributed by atoms with Crippen molar-refractivity contribution in [3.05, 3.63) is 54.6 Å². The molecule has 0 fully saturated rings. The van der Waals surface area contributed by atoms with Gasteiger partial charge in [0.05, 0.1) is 20.3 Å². The fourth-order valence-electron chi connectivity index (χ4n) is 2.41. The van der Waals surface area contributed by atoms with Crippen LogP contribution < -0.4 is 24.3 Å². The van der Waals surface area contributed by atoms with Gasteiger partial charge in [-0.25, -0.2) is 0 Å². The molecule has 0 saturated carbocycles. The van der Waals surface area contributed by atoms with Crippen molar-refractivity contribution in [2.75, 3.05) is 32.2 Å². The molecule has 0 unspecified atom stereocenters. The second-order valence-corrected chi connectivity index (χ2v) is 5.45. The van der Waals surface area contributed by atoms with Gasteiger partial charge in [0.1, 0.15) is 6.61 Å². The normalized spacial score (nSPS) is 10.0. The molecule has 6 heteroatoms. The minimum atomic E-state index is -0.268. The van der Waals surface area contributed by atoms with E-state index in [4.69, 9.17) is 18.9 Å². The number of benzene rings is 2. The monoisotopic (exact) mass is 371 g/mol. The molecule has 0 aliphatic heterocycles. The van der Waals surface area contributed by atoms with Crippen molar-refractivity contribution >= 4 is 11.6 Å². The Labute approximate surface area is 159 Å². The lowest BCUT2D eigenvalue weighted by molar-refractivity contribution is 0.102. The Morgan fingerprint density at radius 3 is 2.30 bits per heavy atom. The summed E-state index contributed by atoms with van der Waals surface area (Å²) >= 11 is 0. The van der Waals surface area contributed by atoms with Gasteiger partial charge in [0.2, 0.25) is 0 Å². The van der Waals surface area contributed by atoms with E-state index in [0.717, 1.165) is 0 Å². The first-order valence-corrected chi connectivity index (χ1v) is 8.75. The van der Waals surface area contributed by atoms with Crippen LogP contribution in [0.5, 0.6) is 23.0 Å². The average Bonchev–Trinajstić information content (AvgIpc) is 2.68. The zero-order valence-corrected chi connectivity index (χ0v) is 15.9. The highest BCUT2D eigenvalue weighted by Crippen LogP contribution is 2.32. The third-order valence-corrected chi connectivity index (χ3v) is 3.58. The zero-order valence-electron chi connectivity index (χ0n) is 15.9. The third kappa shape index (κ3) is 5.41. The Morgan fingerprint density at radius 1 is 0.963 bits per heavy atom. The van der Waals surface area contributed by atoms with E-state index in [1.54, 1.807) is 42.5 Å². The molecule has 27 heavy (non-hydrogen) atoms. The van der Waals surface area contributed by atoms with Crippen LogP contribution in [0, 0.1) is 0 Å². The van der Waals surface area contributed by atoms with E-state index in [1.165, 1.54) is 7.11 Å². The van der Waals surface area contributed by atoms with Gasteiger partial charge in [-0.15, -0.1) is 0 Å². The highest BCUT2D eigenvalue weighted by atomic mass is 16.5. The summed E-state index contributed by atoms with van der Waals surface area (Å²) < 4.78 is 21.9. The van der Waals surface area contributed by atoms with Crippen molar-refractivity contribution in [2.24, 2.45) is 0 Å². The molecule has 0 bridgehead atoms. The maximum absolute atomic E-state index is 12.6. The molecule has 0 aromatic heterocycles. The van der Waals surface area contributed by atoms with Gasteiger partial charge in [0.15, 0.2) is 23.0 Å². The van der Waals surface area contributed by atoms with Crippen LogP contribution in [-0.4, -0.2) is 32.8 Å². The van der Waals surface area contributed by atoms with Crippen LogP contribution in [-0.2, 0) is 0 Å². The minimum Gasteiger partial charge on any atom is -0.493 e. The molecule has 2 rings (SSSR count). The van der Waals surface area contributed by atoms with Crippen molar-refractivity contribution in [2.45, 2.75) is 13.8 Å². The Balaban J connectivity index is 2.18. The smallest absolute Gasteiger partial charge is 0.255 e. The van der Waals surface area contributed by atoms with Crippen LogP contribution in [0.1, 0.15) is 24.2 Å². The number of hydrogen-bond acceptors (Lipinski definition) is 5. The third-order valence-electron chi connectivity index (χ3n) is 3.58. The highest BCUT2D eigenvalue weighted by molar-refractivity contribution is 6.04. The van der Waals surface area contributed by atoms with Crippen LogP contribution in [0.15, 0.2) is 49.1 Å². The molecule has 0 spiro atoms. The summed E-state index contributed by atoms with van der Waals surface area (Å²) in [4.78, 5) is 12.6. The molecule has 0 heterocycles. The summed E-state index contributed by atoms with van der Waals surface area (Å²) in [5, 5.41) is 2.85. The molecule has 1 N–H and O–H groups in total. The van der Waals surface area contributed by atoms with E-state index < -0.39 is 0 Å². The number of carbonyl (C=O) groups is 1. The van der Waals surface area contributed by atoms with E-state index in [1.807, 2.05) is 13.8 Å². The van der Waals surface area contributed by atoms with Gasteiger partial charge in [-0.3, -0.25) is 4.79 Å². The summed E-state index contributed by atoms with van der Waals surface area (Å²) in [5.74, 6) is 1.99. The number of rotatable bonds is 10. The molecule has 0 radical (unpaired) electrons. The molecule has 0 saturated heterocycles. The average molecular weight is 371 g/mol. The zero-order chi connectivity index (χ0) is 19.6. The molecule has 1 amide bonds. The molecule has 2 aromatic carbocycles. The number of anilines is 1. The van der Waals surface area contributed by atoms with Crippen LogP contribution in [0.4, 0.5) is 5.69 Å². The van der Waals surface area contributed by atoms with Crippen LogP contribution in [0.3, 0.4) is 0 Å². The summed E-state index contributed by atoms with van der Waals surface area (Å²) in [6, 6.07) is 10.3. The predicted octanol–water partition coefficient (Wildman–Crippen LogP) is 4.31. The van der Waals surface area contributed by atoms with Gasteiger partial charge in [0.25, 0.3) is 5.91 Å². The minimum absolute atomic E-state index is 0.268. The van der Waals surface area contributed by atoms with Crippen LogP contribution >= 0.6 is 0 Å². The first-order chi connectivity index (χ1) is 13.1. The van der Waals surface area contributed by atoms with Gasteiger partial charge < -0.3 is 24.3 Å². The Kier molecular flexibility index (Phi) is 7.55. The first-order valence-electron chi connectivity index (χ1n) is 8.75. The summed E-state index contributed by atoms with van der Waals surface area (Å²) in [6.07, 6.45) is 1.64. The van der Waals surface area contributed by atoms with E-state index in [2.05, 4.69) is 11.9 Å². The molecular formula is C21H25NO5. The van der Waals surface area contributed by atoms with Gasteiger partial charge in [-0.1, -0.05) is 12.7 Å². The SMILES string of the molecule is C=CCOc1ccc(C(=O)Nc2ccc(OCC)c(OCC)c2)cc1OC. The quantitative estimate of drug-likeness (QED) is 0.631. The number of carbonyl (C=O) groups excluding carboxylic acids is 1. The Bertz CT molecular complexity index is 788. The molecule has 0 aliphatic rings. The molecule has 0 atom stereocenters. The van der Waals surface area contributed by atoms with Gasteiger partial charge in [-0.2, -0.15) is 0 Å². The topological polar surface area (TPSA) is 66.0 Å². The maximum atomic E-state index is 12.6. The lowest BCUT2D eigenvalue weighted by atomic mass is 10.1. The maximum Gasteiger partial charge on any atom is 0.255 e. The van der Waals surface area contributed by atoms with E-state index in [9.17, 15) is 4.79 Å². The lowest BCUT2D eigenvalue weighted by Gasteiger charge is -2.14. The molecule has 0 aliphatic carbocycles. The van der Waals surface area contributed by atoms with Crippen LogP contribution in [0.25, 0.3) is 0 Å². The number of methoxy groups -OCH3 is 1. The van der Waals surface area contributed by atoms with Gasteiger partial charge in [-0.05, 0) is 44.2 Å². The fraction of sp³-hybridized carbons (Fsp3) is 0.286. The fourth-order valence-corrected chi connectivity index (χ4v) is 2.41. The van der Waals surface area contributed by atoms with Crippen molar-refractivity contribution < 1.29 is 23.7 Å². The standard InChI is InChI=1S/C21H25NO5/c1-5-12-27-17-10-8-15(13-19(17)24-4)21(23)22-16-9-11-18(25-6-2)20(14-16)26-7-3/h5,8-11,13-14H,1,6-7,12H2,2-4H3,(H,22,23). The molecule has 144 valence electrons. The van der Waals surface area contributed by atoms with Gasteiger partial charge in [0, 0.05) is 17.3 Å². The predicted molar refractivity (Wildman–Crippen MR) is 105 cm³/mol. The van der Waals surface area contributed by atoms with Crippen molar-refractivity contribution in [1.29, 1.82) is 0 Å². The summed E-state index contributed by atoms with van der Waals surface area (Å²) in [6.45, 7) is 8.80. The summed E-state index contributed by atoms with van der Waals surface area (Å²) in [7, 11) is 1.53. The van der Waals surface area contributed by atoms with Crippen molar-refractivity contribution in [3.8, 4) is 23.0 Å². The molecule has 2 aromatic rings. The van der Waals surface area contributed by atoms with Crippen molar-refractivity contribution in [1.82, 2.24) is 0 Å². The second-order valence-electron chi connectivity index (χ2n) is 5.45. The largest absolute Gasteiger partial charge is 0.493 e. The van der Waals surface area contributed by atoms with Crippen LogP contribution in [0.2, 0.25) is 0 Å². The van der Waals surface area contributed by atoms with Crippen molar-refractivity contribution in [3.63, 3.8) is 0 Å². The lowest BCUT2D eigenvalue weighted by Crippen LogP contribution is -2.12. The van der Waals surface area contributed by atoms with E-state index in [0.29, 0.717) is 54.1 Å².